The Bertz CT molecular complexity index is 864. The molecule has 2 nitrogen and oxygen atoms in total. The van der Waals surface area contributed by atoms with Gasteiger partial charge in [-0.15, -0.1) is 0 Å². The molecule has 0 spiro atoms. The summed E-state index contributed by atoms with van der Waals surface area (Å²) in [6.45, 7) is 3.24. The van der Waals surface area contributed by atoms with Gasteiger partial charge in [-0.25, -0.2) is 0 Å². The van der Waals surface area contributed by atoms with Crippen molar-refractivity contribution in [2.24, 2.45) is 0 Å². The van der Waals surface area contributed by atoms with Gasteiger partial charge in [0.1, 0.15) is 12.4 Å². The zero-order chi connectivity index (χ0) is 17.6. The second-order valence-electron chi connectivity index (χ2n) is 5.80. The first-order chi connectivity index (χ1) is 12.1. The Balaban J connectivity index is 1.70. The van der Waals surface area contributed by atoms with Crippen molar-refractivity contribution in [3.05, 3.63) is 93.5 Å². The van der Waals surface area contributed by atoms with Crippen LogP contribution in [-0.2, 0) is 13.2 Å². The summed E-state index contributed by atoms with van der Waals surface area (Å²) in [5, 5.41) is 4.61. The van der Waals surface area contributed by atoms with Gasteiger partial charge in [-0.2, -0.15) is 0 Å². The summed E-state index contributed by atoms with van der Waals surface area (Å²) in [7, 11) is 0. The molecule has 3 rings (SSSR count). The van der Waals surface area contributed by atoms with E-state index >= 15 is 0 Å². The number of nitrogens with one attached hydrogen (secondary N) is 1. The molecule has 0 atom stereocenters. The Hall–Kier alpha value is -2.16. The topological polar surface area (TPSA) is 21.3 Å². The first-order valence-corrected chi connectivity index (χ1v) is 8.83. The molecule has 0 aromatic heterocycles. The van der Waals surface area contributed by atoms with Crippen molar-refractivity contribution >= 4 is 28.9 Å². The average Bonchev–Trinajstić information content (AvgIpc) is 2.62. The van der Waals surface area contributed by atoms with E-state index < -0.39 is 0 Å². The second kappa shape index (κ2) is 8.28. The number of anilines is 1. The highest BCUT2D eigenvalue weighted by Gasteiger charge is 2.06. The number of halogens is 2. The smallest absolute Gasteiger partial charge is 0.124 e. The van der Waals surface area contributed by atoms with Crippen LogP contribution in [0.2, 0.25) is 10.0 Å². The Morgan fingerprint density at radius 1 is 0.880 bits per heavy atom. The van der Waals surface area contributed by atoms with E-state index in [2.05, 4.69) is 24.4 Å². The van der Waals surface area contributed by atoms with Gasteiger partial charge in [0.25, 0.3) is 0 Å². The number of ether oxygens (including phenoxy) is 1. The van der Waals surface area contributed by atoms with Crippen molar-refractivity contribution in [2.45, 2.75) is 20.1 Å². The fourth-order valence-electron chi connectivity index (χ4n) is 2.54. The largest absolute Gasteiger partial charge is 0.489 e. The first-order valence-electron chi connectivity index (χ1n) is 8.07. The molecule has 0 saturated carbocycles. The molecule has 0 radical (unpaired) electrons. The number of hydrogen-bond acceptors (Lipinski definition) is 2. The molecule has 3 aromatic rings. The van der Waals surface area contributed by atoms with Crippen molar-refractivity contribution in [3.63, 3.8) is 0 Å². The standard InChI is InChI=1S/C21H19Cl2NO/c1-15-6-2-3-8-17(15)14-25-21-9-5-4-7-16(21)13-24-20-12-18(22)10-11-19(20)23/h2-12,24H,13-14H2,1H3. The van der Waals surface area contributed by atoms with Crippen molar-refractivity contribution in [1.29, 1.82) is 0 Å². The lowest BCUT2D eigenvalue weighted by Gasteiger charge is -2.14. The molecule has 0 unspecified atom stereocenters. The van der Waals surface area contributed by atoms with Gasteiger partial charge in [-0.3, -0.25) is 0 Å². The van der Waals surface area contributed by atoms with Gasteiger partial charge in [-0.05, 0) is 42.3 Å². The van der Waals surface area contributed by atoms with Gasteiger partial charge in [0.15, 0.2) is 0 Å². The molecule has 0 fully saturated rings. The minimum absolute atomic E-state index is 0.543. The summed E-state index contributed by atoms with van der Waals surface area (Å²) in [6.07, 6.45) is 0. The highest BCUT2D eigenvalue weighted by atomic mass is 35.5. The van der Waals surface area contributed by atoms with Gasteiger partial charge in [0, 0.05) is 17.1 Å². The molecule has 3 aromatic carbocycles. The van der Waals surface area contributed by atoms with Crippen molar-refractivity contribution in [1.82, 2.24) is 0 Å². The summed E-state index contributed by atoms with van der Waals surface area (Å²) in [5.74, 6) is 0.858. The summed E-state index contributed by atoms with van der Waals surface area (Å²) in [5.41, 5.74) is 4.28. The van der Waals surface area contributed by atoms with Gasteiger partial charge in [-0.1, -0.05) is 65.7 Å². The number of rotatable bonds is 6. The van der Waals surface area contributed by atoms with Crippen molar-refractivity contribution in [2.75, 3.05) is 5.32 Å². The third-order valence-electron chi connectivity index (χ3n) is 4.01. The zero-order valence-electron chi connectivity index (χ0n) is 13.9. The maximum Gasteiger partial charge on any atom is 0.124 e. The van der Waals surface area contributed by atoms with E-state index in [1.165, 1.54) is 11.1 Å². The SMILES string of the molecule is Cc1ccccc1COc1ccccc1CNc1cc(Cl)ccc1Cl. The molecule has 0 aliphatic rings. The summed E-state index contributed by atoms with van der Waals surface area (Å²) in [6, 6.07) is 21.6. The lowest BCUT2D eigenvalue weighted by molar-refractivity contribution is 0.302. The Morgan fingerprint density at radius 3 is 2.40 bits per heavy atom. The van der Waals surface area contributed by atoms with Crippen LogP contribution in [-0.4, -0.2) is 0 Å². The van der Waals surface area contributed by atoms with E-state index in [-0.39, 0.29) is 0 Å². The minimum atomic E-state index is 0.543. The first kappa shape index (κ1) is 17.7. The molecule has 0 heterocycles. The van der Waals surface area contributed by atoms with Crippen LogP contribution in [0.25, 0.3) is 0 Å². The molecular weight excluding hydrogens is 353 g/mol. The monoisotopic (exact) mass is 371 g/mol. The zero-order valence-corrected chi connectivity index (χ0v) is 15.4. The maximum atomic E-state index is 6.21. The van der Waals surface area contributed by atoms with Crippen LogP contribution in [0.15, 0.2) is 66.7 Å². The maximum absolute atomic E-state index is 6.21. The molecule has 0 bridgehead atoms. The van der Waals surface area contributed by atoms with Crippen LogP contribution < -0.4 is 10.1 Å². The lowest BCUT2D eigenvalue weighted by Crippen LogP contribution is -2.04. The number of aryl methyl sites for hydroxylation is 1. The second-order valence-corrected chi connectivity index (χ2v) is 6.64. The van der Waals surface area contributed by atoms with E-state index in [0.717, 1.165) is 17.0 Å². The summed E-state index contributed by atoms with van der Waals surface area (Å²) in [4.78, 5) is 0. The minimum Gasteiger partial charge on any atom is -0.489 e. The van der Waals surface area contributed by atoms with Crippen LogP contribution in [0.3, 0.4) is 0 Å². The predicted molar refractivity (Wildman–Crippen MR) is 106 cm³/mol. The summed E-state index contributed by atoms with van der Waals surface area (Å²) < 4.78 is 6.05. The van der Waals surface area contributed by atoms with Gasteiger partial charge >= 0.3 is 0 Å². The lowest BCUT2D eigenvalue weighted by atomic mass is 10.1. The van der Waals surface area contributed by atoms with E-state index in [9.17, 15) is 0 Å². The van der Waals surface area contributed by atoms with Crippen LogP contribution in [0.4, 0.5) is 5.69 Å². The molecule has 128 valence electrons. The van der Waals surface area contributed by atoms with E-state index in [4.69, 9.17) is 27.9 Å². The molecular formula is C21H19Cl2NO. The Kier molecular flexibility index (Phi) is 5.85. The van der Waals surface area contributed by atoms with Crippen LogP contribution >= 0.6 is 23.2 Å². The third-order valence-corrected chi connectivity index (χ3v) is 4.58. The predicted octanol–water partition coefficient (Wildman–Crippen LogP) is 6.49. The van der Waals surface area contributed by atoms with Gasteiger partial charge < -0.3 is 10.1 Å². The Labute approximate surface area is 158 Å². The van der Waals surface area contributed by atoms with Crippen molar-refractivity contribution in [3.8, 4) is 5.75 Å². The average molecular weight is 372 g/mol. The number of para-hydroxylation sites is 1. The Morgan fingerprint density at radius 2 is 1.60 bits per heavy atom. The number of benzene rings is 3. The third kappa shape index (κ3) is 4.68. The molecule has 0 amide bonds. The fourth-order valence-corrected chi connectivity index (χ4v) is 2.90. The molecule has 1 N–H and O–H groups in total. The van der Waals surface area contributed by atoms with E-state index in [0.29, 0.717) is 23.2 Å². The molecule has 0 aliphatic carbocycles. The quantitative estimate of drug-likeness (QED) is 0.534. The van der Waals surface area contributed by atoms with Crippen LogP contribution in [0, 0.1) is 6.92 Å². The van der Waals surface area contributed by atoms with E-state index in [1.54, 1.807) is 12.1 Å². The molecule has 4 heteroatoms. The summed E-state index contributed by atoms with van der Waals surface area (Å²) >= 11 is 12.2. The normalized spacial score (nSPS) is 10.5. The van der Waals surface area contributed by atoms with Crippen molar-refractivity contribution < 1.29 is 4.74 Å². The molecule has 0 aliphatic heterocycles. The van der Waals surface area contributed by atoms with Crippen LogP contribution in [0.1, 0.15) is 16.7 Å². The van der Waals surface area contributed by atoms with Gasteiger partial charge in [0.2, 0.25) is 0 Å². The number of hydrogen-bond donors (Lipinski definition) is 1. The fraction of sp³-hybridized carbons (Fsp3) is 0.143. The highest BCUT2D eigenvalue weighted by Crippen LogP contribution is 2.27. The molecule has 25 heavy (non-hydrogen) atoms. The molecule has 0 saturated heterocycles. The van der Waals surface area contributed by atoms with Gasteiger partial charge in [0.05, 0.1) is 10.7 Å². The van der Waals surface area contributed by atoms with Crippen LogP contribution in [0.5, 0.6) is 5.75 Å². The highest BCUT2D eigenvalue weighted by molar-refractivity contribution is 6.35. The van der Waals surface area contributed by atoms with E-state index in [1.807, 2.05) is 42.5 Å².